The number of hydrogen-bond acceptors (Lipinski definition) is 3. The molecule has 1 heterocycles. The van der Waals surface area contributed by atoms with Gasteiger partial charge in [0, 0.05) is 0 Å². The van der Waals surface area contributed by atoms with Gasteiger partial charge in [0.1, 0.15) is 0 Å². The molecule has 0 saturated carbocycles. The number of hydrogen-bond donors (Lipinski definition) is 2. The minimum absolute atomic E-state index is 0.655. The molecule has 0 aromatic carbocycles. The zero-order valence-electron chi connectivity index (χ0n) is 10.8. The molecule has 16 heavy (non-hydrogen) atoms. The van der Waals surface area contributed by atoms with Gasteiger partial charge in [-0.3, -0.25) is 0 Å². The molecule has 1 atom stereocenters. The Morgan fingerprint density at radius 3 is 2.88 bits per heavy atom. The van der Waals surface area contributed by atoms with E-state index in [-0.39, 0.29) is 0 Å². The van der Waals surface area contributed by atoms with Crippen LogP contribution in [-0.4, -0.2) is 30.4 Å². The first-order chi connectivity index (χ1) is 7.52. The van der Waals surface area contributed by atoms with Gasteiger partial charge in [0.25, 0.3) is 0 Å². The SMILES string of the molecule is CC(C)CNCCC(C)(O)C1=COCCC1. The highest BCUT2D eigenvalue weighted by molar-refractivity contribution is 5.14. The van der Waals surface area contributed by atoms with Crippen LogP contribution in [0.3, 0.4) is 0 Å². The molecule has 1 rings (SSSR count). The van der Waals surface area contributed by atoms with E-state index in [0.29, 0.717) is 5.92 Å². The Kier molecular flexibility index (Phi) is 5.29. The van der Waals surface area contributed by atoms with Crippen LogP contribution < -0.4 is 5.32 Å². The zero-order valence-corrected chi connectivity index (χ0v) is 10.8. The second kappa shape index (κ2) is 6.26. The van der Waals surface area contributed by atoms with E-state index in [4.69, 9.17) is 4.74 Å². The van der Waals surface area contributed by atoms with Gasteiger partial charge < -0.3 is 15.2 Å². The van der Waals surface area contributed by atoms with Crippen molar-refractivity contribution in [2.24, 2.45) is 5.92 Å². The Bertz CT molecular complexity index is 234. The predicted octanol–water partition coefficient (Wildman–Crippen LogP) is 2.07. The average molecular weight is 227 g/mol. The zero-order chi connectivity index (χ0) is 12.0. The number of rotatable bonds is 6. The van der Waals surface area contributed by atoms with Crippen LogP contribution in [0, 0.1) is 5.92 Å². The lowest BCUT2D eigenvalue weighted by Crippen LogP contribution is -2.34. The Hall–Kier alpha value is -0.540. The lowest BCUT2D eigenvalue weighted by atomic mass is 9.89. The van der Waals surface area contributed by atoms with Crippen LogP contribution in [0.1, 0.15) is 40.0 Å². The van der Waals surface area contributed by atoms with E-state index in [1.54, 1.807) is 6.26 Å². The van der Waals surface area contributed by atoms with E-state index in [9.17, 15) is 5.11 Å². The molecular weight excluding hydrogens is 202 g/mol. The summed E-state index contributed by atoms with van der Waals surface area (Å²) in [5.74, 6) is 0.655. The smallest absolute Gasteiger partial charge is 0.0876 e. The maximum Gasteiger partial charge on any atom is 0.0876 e. The van der Waals surface area contributed by atoms with Crippen LogP contribution in [0.4, 0.5) is 0 Å². The summed E-state index contributed by atoms with van der Waals surface area (Å²) in [5, 5.41) is 13.7. The number of aliphatic hydroxyl groups is 1. The maximum absolute atomic E-state index is 10.3. The van der Waals surface area contributed by atoms with E-state index in [1.807, 2.05) is 6.92 Å². The molecule has 0 aliphatic carbocycles. The van der Waals surface area contributed by atoms with E-state index in [2.05, 4.69) is 19.2 Å². The Labute approximate surface area is 98.9 Å². The summed E-state index contributed by atoms with van der Waals surface area (Å²) in [6, 6.07) is 0. The van der Waals surface area contributed by atoms with Gasteiger partial charge in [-0.2, -0.15) is 0 Å². The average Bonchev–Trinajstić information content (AvgIpc) is 2.26. The third kappa shape index (κ3) is 4.54. The molecule has 3 nitrogen and oxygen atoms in total. The van der Waals surface area contributed by atoms with E-state index in [0.717, 1.165) is 44.5 Å². The fourth-order valence-electron chi connectivity index (χ4n) is 1.84. The molecular formula is C13H25NO2. The normalized spacial score (nSPS) is 20.2. The van der Waals surface area contributed by atoms with Crippen LogP contribution in [0.25, 0.3) is 0 Å². The third-order valence-corrected chi connectivity index (χ3v) is 2.97. The van der Waals surface area contributed by atoms with Crippen molar-refractivity contribution >= 4 is 0 Å². The maximum atomic E-state index is 10.3. The van der Waals surface area contributed by atoms with Gasteiger partial charge in [0.15, 0.2) is 0 Å². The molecule has 0 saturated heterocycles. The van der Waals surface area contributed by atoms with Crippen LogP contribution in [0.5, 0.6) is 0 Å². The number of nitrogens with one attached hydrogen (secondary N) is 1. The topological polar surface area (TPSA) is 41.5 Å². The predicted molar refractivity (Wildman–Crippen MR) is 66.2 cm³/mol. The standard InChI is InChI=1S/C13H25NO2/c1-11(2)9-14-7-6-13(3,15)12-5-4-8-16-10-12/h10-11,14-15H,4-9H2,1-3H3. The molecule has 0 bridgehead atoms. The summed E-state index contributed by atoms with van der Waals surface area (Å²) >= 11 is 0. The fourth-order valence-corrected chi connectivity index (χ4v) is 1.84. The minimum Gasteiger partial charge on any atom is -0.501 e. The highest BCUT2D eigenvalue weighted by Gasteiger charge is 2.26. The van der Waals surface area contributed by atoms with E-state index >= 15 is 0 Å². The van der Waals surface area contributed by atoms with E-state index in [1.165, 1.54) is 0 Å². The van der Waals surface area contributed by atoms with Crippen molar-refractivity contribution in [1.82, 2.24) is 5.32 Å². The van der Waals surface area contributed by atoms with Crippen LogP contribution >= 0.6 is 0 Å². The lowest BCUT2D eigenvalue weighted by Gasteiger charge is -2.29. The van der Waals surface area contributed by atoms with Gasteiger partial charge in [0.05, 0.1) is 18.5 Å². The monoisotopic (exact) mass is 227 g/mol. The largest absolute Gasteiger partial charge is 0.501 e. The summed E-state index contributed by atoms with van der Waals surface area (Å²) in [5.41, 5.74) is 0.315. The molecule has 0 aromatic heterocycles. The first-order valence-corrected chi connectivity index (χ1v) is 6.26. The van der Waals surface area contributed by atoms with Crippen molar-refractivity contribution in [1.29, 1.82) is 0 Å². The molecule has 0 radical (unpaired) electrons. The Morgan fingerprint density at radius 2 is 2.31 bits per heavy atom. The molecule has 0 fully saturated rings. The van der Waals surface area contributed by atoms with Crippen LogP contribution in [0.15, 0.2) is 11.8 Å². The Balaban J connectivity index is 2.30. The first kappa shape index (κ1) is 13.5. The third-order valence-electron chi connectivity index (χ3n) is 2.97. The summed E-state index contributed by atoms with van der Waals surface area (Å²) < 4.78 is 5.27. The molecule has 3 heteroatoms. The van der Waals surface area contributed by atoms with Gasteiger partial charge >= 0.3 is 0 Å². The molecule has 1 aliphatic rings. The minimum atomic E-state index is -0.718. The van der Waals surface area contributed by atoms with E-state index < -0.39 is 5.60 Å². The molecule has 2 N–H and O–H groups in total. The molecule has 1 aliphatic heterocycles. The van der Waals surface area contributed by atoms with Crippen LogP contribution in [0.2, 0.25) is 0 Å². The number of ether oxygens (including phenoxy) is 1. The first-order valence-electron chi connectivity index (χ1n) is 6.26. The fraction of sp³-hybridized carbons (Fsp3) is 0.846. The second-order valence-corrected chi connectivity index (χ2v) is 5.24. The van der Waals surface area contributed by atoms with Crippen molar-refractivity contribution in [2.75, 3.05) is 19.7 Å². The van der Waals surface area contributed by atoms with Crippen molar-refractivity contribution in [2.45, 2.75) is 45.6 Å². The Morgan fingerprint density at radius 1 is 1.56 bits per heavy atom. The lowest BCUT2D eigenvalue weighted by molar-refractivity contribution is 0.0718. The summed E-state index contributed by atoms with van der Waals surface area (Å²) in [4.78, 5) is 0. The van der Waals surface area contributed by atoms with Gasteiger partial charge in [-0.05, 0) is 50.8 Å². The van der Waals surface area contributed by atoms with Gasteiger partial charge in [-0.25, -0.2) is 0 Å². The van der Waals surface area contributed by atoms with Crippen molar-refractivity contribution in [3.05, 3.63) is 11.8 Å². The molecule has 1 unspecified atom stereocenters. The second-order valence-electron chi connectivity index (χ2n) is 5.24. The summed E-state index contributed by atoms with van der Waals surface area (Å²) in [7, 11) is 0. The molecule has 0 amide bonds. The van der Waals surface area contributed by atoms with Crippen molar-refractivity contribution in [3.8, 4) is 0 Å². The van der Waals surface area contributed by atoms with Gasteiger partial charge in [-0.1, -0.05) is 13.8 Å². The van der Waals surface area contributed by atoms with Crippen molar-refractivity contribution < 1.29 is 9.84 Å². The van der Waals surface area contributed by atoms with Gasteiger partial charge in [0.2, 0.25) is 0 Å². The van der Waals surface area contributed by atoms with Gasteiger partial charge in [-0.15, -0.1) is 0 Å². The van der Waals surface area contributed by atoms with Crippen molar-refractivity contribution in [3.63, 3.8) is 0 Å². The highest BCUT2D eigenvalue weighted by atomic mass is 16.5. The summed E-state index contributed by atoms with van der Waals surface area (Å²) in [6.07, 6.45) is 4.46. The van der Waals surface area contributed by atoms with Crippen LogP contribution in [-0.2, 0) is 4.74 Å². The quantitative estimate of drug-likeness (QED) is 0.683. The molecule has 0 aromatic rings. The highest BCUT2D eigenvalue weighted by Crippen LogP contribution is 2.26. The molecule has 0 spiro atoms. The summed E-state index contributed by atoms with van der Waals surface area (Å²) in [6.45, 7) is 8.88. The molecule has 94 valence electrons.